The number of hydrogen-bond donors (Lipinski definition) is 0. The number of carbonyl (C=O) groups is 1. The summed E-state index contributed by atoms with van der Waals surface area (Å²) in [7, 11) is 1.47. The number of allylic oxidation sites excluding steroid dienone is 1. The van der Waals surface area contributed by atoms with E-state index in [1.54, 1.807) is 60.8 Å². The van der Waals surface area contributed by atoms with Crippen LogP contribution in [0, 0.1) is 11.3 Å². The SMILES string of the molecule is CCOC(=O)COc1ccc(C=C(C#N)c2nc(-c3cc4cc(Cl)ccc4oc3=O)cs2)cc1OC. The zero-order valence-electron chi connectivity index (χ0n) is 19.2. The van der Waals surface area contributed by atoms with Crippen molar-refractivity contribution in [3.8, 4) is 28.8 Å². The molecule has 0 N–H and O–H groups in total. The fourth-order valence-electron chi connectivity index (χ4n) is 3.34. The van der Waals surface area contributed by atoms with Gasteiger partial charge in [0.2, 0.25) is 0 Å². The minimum atomic E-state index is -0.535. The van der Waals surface area contributed by atoms with Gasteiger partial charge in [-0.2, -0.15) is 5.26 Å². The third kappa shape index (κ3) is 5.57. The summed E-state index contributed by atoms with van der Waals surface area (Å²) in [5.41, 5.74) is 1.50. The molecule has 0 amide bonds. The van der Waals surface area contributed by atoms with Crippen LogP contribution < -0.4 is 15.1 Å². The van der Waals surface area contributed by atoms with Gasteiger partial charge < -0.3 is 18.6 Å². The van der Waals surface area contributed by atoms with Crippen LogP contribution in [0.4, 0.5) is 0 Å². The van der Waals surface area contributed by atoms with E-state index in [-0.39, 0.29) is 18.8 Å². The number of esters is 1. The molecule has 8 nitrogen and oxygen atoms in total. The van der Waals surface area contributed by atoms with E-state index < -0.39 is 11.6 Å². The van der Waals surface area contributed by atoms with Crippen LogP contribution in [-0.4, -0.2) is 31.3 Å². The number of fused-ring (bicyclic) bond motifs is 1. The van der Waals surface area contributed by atoms with Crippen molar-refractivity contribution in [1.29, 1.82) is 5.26 Å². The Labute approximate surface area is 214 Å². The number of halogens is 1. The predicted molar refractivity (Wildman–Crippen MR) is 137 cm³/mol. The molecular formula is C26H19ClN2O6S. The van der Waals surface area contributed by atoms with E-state index in [1.807, 2.05) is 0 Å². The lowest BCUT2D eigenvalue weighted by atomic mass is 10.1. The minimum absolute atomic E-state index is 0.250. The number of nitriles is 1. The molecule has 182 valence electrons. The Morgan fingerprint density at radius 2 is 2.06 bits per heavy atom. The van der Waals surface area contributed by atoms with Crippen LogP contribution in [0.15, 0.2) is 57.1 Å². The molecule has 36 heavy (non-hydrogen) atoms. The first-order chi connectivity index (χ1) is 17.4. The van der Waals surface area contributed by atoms with Gasteiger partial charge in [0.25, 0.3) is 0 Å². The number of carbonyl (C=O) groups excluding carboxylic acids is 1. The fourth-order valence-corrected chi connectivity index (χ4v) is 4.30. The van der Waals surface area contributed by atoms with Crippen LogP contribution in [0.2, 0.25) is 5.02 Å². The number of aromatic nitrogens is 1. The van der Waals surface area contributed by atoms with E-state index in [1.165, 1.54) is 18.4 Å². The molecule has 0 aliphatic carbocycles. The van der Waals surface area contributed by atoms with Crippen molar-refractivity contribution in [2.45, 2.75) is 6.92 Å². The van der Waals surface area contributed by atoms with Gasteiger partial charge in [-0.05, 0) is 55.0 Å². The molecule has 0 radical (unpaired) electrons. The monoisotopic (exact) mass is 522 g/mol. The Hall–Kier alpha value is -4.13. The summed E-state index contributed by atoms with van der Waals surface area (Å²) < 4.78 is 21.1. The van der Waals surface area contributed by atoms with Gasteiger partial charge in [0.1, 0.15) is 16.7 Å². The van der Waals surface area contributed by atoms with Crippen molar-refractivity contribution >= 4 is 51.5 Å². The standard InChI is InChI=1S/C26H19ClN2O6S/c1-3-33-24(30)13-34-22-6-4-15(9-23(22)32-2)8-17(12-28)25-29-20(14-36-25)19-11-16-10-18(27)5-7-21(16)35-26(19)31/h4-11,14H,3,13H2,1-2H3. The van der Waals surface area contributed by atoms with Crippen LogP contribution in [0.3, 0.4) is 0 Å². The van der Waals surface area contributed by atoms with Gasteiger partial charge in [-0.25, -0.2) is 14.6 Å². The molecule has 0 atom stereocenters. The summed E-state index contributed by atoms with van der Waals surface area (Å²) in [6, 6.07) is 13.8. The normalized spacial score (nSPS) is 11.2. The molecule has 2 aromatic carbocycles. The molecule has 4 aromatic rings. The predicted octanol–water partition coefficient (Wildman–Crippen LogP) is 5.58. The Morgan fingerprint density at radius 1 is 1.22 bits per heavy atom. The van der Waals surface area contributed by atoms with Crippen LogP contribution in [0.25, 0.3) is 33.9 Å². The van der Waals surface area contributed by atoms with Gasteiger partial charge in [0.05, 0.1) is 30.5 Å². The molecule has 0 spiro atoms. The third-order valence-corrected chi connectivity index (χ3v) is 6.09. The molecular weight excluding hydrogens is 504 g/mol. The number of nitrogens with zero attached hydrogens (tertiary/aromatic N) is 2. The first-order valence-electron chi connectivity index (χ1n) is 10.7. The molecule has 0 aliphatic heterocycles. The summed E-state index contributed by atoms with van der Waals surface area (Å²) in [6.07, 6.45) is 1.64. The molecule has 0 unspecified atom stereocenters. The summed E-state index contributed by atoms with van der Waals surface area (Å²) in [5, 5.41) is 13.1. The lowest BCUT2D eigenvalue weighted by Gasteiger charge is -2.11. The van der Waals surface area contributed by atoms with Crippen LogP contribution >= 0.6 is 22.9 Å². The average molecular weight is 523 g/mol. The average Bonchev–Trinajstić information content (AvgIpc) is 3.36. The van der Waals surface area contributed by atoms with Crippen molar-refractivity contribution in [2.24, 2.45) is 0 Å². The molecule has 0 saturated carbocycles. The zero-order chi connectivity index (χ0) is 25.7. The molecule has 0 saturated heterocycles. The van der Waals surface area contributed by atoms with Crippen LogP contribution in [0.1, 0.15) is 17.5 Å². The summed E-state index contributed by atoms with van der Waals surface area (Å²) in [5.74, 6) is 0.261. The quantitative estimate of drug-likeness (QED) is 0.167. The third-order valence-electron chi connectivity index (χ3n) is 4.97. The second-order valence-corrected chi connectivity index (χ2v) is 8.64. The molecule has 4 rings (SSSR count). The van der Waals surface area contributed by atoms with E-state index >= 15 is 0 Å². The summed E-state index contributed by atoms with van der Waals surface area (Å²) in [4.78, 5) is 28.6. The minimum Gasteiger partial charge on any atom is -0.493 e. The highest BCUT2D eigenvalue weighted by Gasteiger charge is 2.15. The number of ether oxygens (including phenoxy) is 3. The van der Waals surface area contributed by atoms with E-state index in [4.69, 9.17) is 30.2 Å². The largest absolute Gasteiger partial charge is 0.493 e. The number of hydrogen-bond acceptors (Lipinski definition) is 9. The Balaban J connectivity index is 1.61. The maximum atomic E-state index is 12.5. The Bertz CT molecular complexity index is 1570. The van der Waals surface area contributed by atoms with Gasteiger partial charge in [0.15, 0.2) is 18.1 Å². The van der Waals surface area contributed by atoms with Gasteiger partial charge in [-0.1, -0.05) is 17.7 Å². The van der Waals surface area contributed by atoms with Crippen molar-refractivity contribution in [3.05, 3.63) is 73.9 Å². The smallest absolute Gasteiger partial charge is 0.345 e. The van der Waals surface area contributed by atoms with Crippen molar-refractivity contribution < 1.29 is 23.4 Å². The van der Waals surface area contributed by atoms with E-state index in [0.29, 0.717) is 49.3 Å². The number of benzene rings is 2. The lowest BCUT2D eigenvalue weighted by Crippen LogP contribution is -2.14. The molecule has 2 heterocycles. The van der Waals surface area contributed by atoms with E-state index in [0.717, 1.165) is 0 Å². The first-order valence-corrected chi connectivity index (χ1v) is 12.0. The van der Waals surface area contributed by atoms with Gasteiger partial charge in [-0.3, -0.25) is 0 Å². The maximum Gasteiger partial charge on any atom is 0.345 e. The van der Waals surface area contributed by atoms with Gasteiger partial charge in [0, 0.05) is 15.8 Å². The lowest BCUT2D eigenvalue weighted by molar-refractivity contribution is -0.145. The molecule has 10 heteroatoms. The highest BCUT2D eigenvalue weighted by molar-refractivity contribution is 7.11. The summed E-state index contributed by atoms with van der Waals surface area (Å²) >= 11 is 7.29. The number of rotatable bonds is 8. The number of methoxy groups -OCH3 is 1. The molecule has 0 aliphatic rings. The van der Waals surface area contributed by atoms with Crippen molar-refractivity contribution in [2.75, 3.05) is 20.3 Å². The first kappa shape index (κ1) is 25.0. The van der Waals surface area contributed by atoms with Crippen molar-refractivity contribution in [3.63, 3.8) is 0 Å². The van der Waals surface area contributed by atoms with Gasteiger partial charge >= 0.3 is 11.6 Å². The summed E-state index contributed by atoms with van der Waals surface area (Å²) in [6.45, 7) is 1.73. The molecule has 0 fully saturated rings. The fraction of sp³-hybridized carbons (Fsp3) is 0.154. The zero-order valence-corrected chi connectivity index (χ0v) is 20.8. The highest BCUT2D eigenvalue weighted by atomic mass is 35.5. The van der Waals surface area contributed by atoms with E-state index in [9.17, 15) is 14.9 Å². The van der Waals surface area contributed by atoms with Crippen LogP contribution in [-0.2, 0) is 9.53 Å². The number of thiazole rings is 1. The second-order valence-electron chi connectivity index (χ2n) is 7.34. The topological polar surface area (TPSA) is 112 Å². The second kappa shape index (κ2) is 11.1. The molecule has 0 bridgehead atoms. The van der Waals surface area contributed by atoms with Gasteiger partial charge in [-0.15, -0.1) is 11.3 Å². The highest BCUT2D eigenvalue weighted by Crippen LogP contribution is 2.31. The molecule has 2 aromatic heterocycles. The van der Waals surface area contributed by atoms with Crippen molar-refractivity contribution in [1.82, 2.24) is 4.98 Å². The maximum absolute atomic E-state index is 12.5. The Kier molecular flexibility index (Phi) is 7.68. The van der Waals surface area contributed by atoms with E-state index in [2.05, 4.69) is 11.1 Å². The Morgan fingerprint density at radius 3 is 2.81 bits per heavy atom. The van der Waals surface area contributed by atoms with Crippen LogP contribution in [0.5, 0.6) is 11.5 Å².